The zero-order valence-corrected chi connectivity index (χ0v) is 13.3. The second-order valence-corrected chi connectivity index (χ2v) is 5.10. The Labute approximate surface area is 130 Å². The Morgan fingerprint density at radius 3 is 2.73 bits per heavy atom. The second kappa shape index (κ2) is 7.64. The van der Waals surface area contributed by atoms with Gasteiger partial charge in [-0.25, -0.2) is 0 Å². The van der Waals surface area contributed by atoms with Crippen molar-refractivity contribution in [3.05, 3.63) is 47.3 Å². The molecule has 0 aliphatic heterocycles. The van der Waals surface area contributed by atoms with Crippen LogP contribution in [-0.2, 0) is 22.7 Å². The Bertz CT molecular complexity index is 635. The Kier molecular flexibility index (Phi) is 5.58. The topological polar surface area (TPSA) is 53.4 Å². The largest absolute Gasteiger partial charge is 0.493 e. The summed E-state index contributed by atoms with van der Waals surface area (Å²) in [7, 11) is 0. The number of carbonyl (C=O) groups excluding carboxylic acids is 1. The number of hydrogen-bond acceptors (Lipinski definition) is 4. The summed E-state index contributed by atoms with van der Waals surface area (Å²) in [5, 5.41) is 4.33. The quantitative estimate of drug-likeness (QED) is 0.738. The third-order valence-electron chi connectivity index (χ3n) is 3.29. The summed E-state index contributed by atoms with van der Waals surface area (Å²) in [5.74, 6) is 0.523. The molecule has 5 heteroatoms. The lowest BCUT2D eigenvalue weighted by atomic mass is 10.2. The number of ether oxygens (including phenoxy) is 2. The highest BCUT2D eigenvalue weighted by molar-refractivity contribution is 5.69. The number of aryl methyl sites for hydroxylation is 3. The van der Waals surface area contributed by atoms with E-state index in [1.165, 1.54) is 0 Å². The molecule has 0 saturated carbocycles. The summed E-state index contributed by atoms with van der Waals surface area (Å²) in [5.41, 5.74) is 2.88. The van der Waals surface area contributed by atoms with Gasteiger partial charge in [0.15, 0.2) is 0 Å². The zero-order valence-electron chi connectivity index (χ0n) is 13.3. The molecule has 0 aliphatic carbocycles. The number of benzene rings is 1. The van der Waals surface area contributed by atoms with Crippen molar-refractivity contribution in [2.24, 2.45) is 0 Å². The van der Waals surface area contributed by atoms with E-state index in [-0.39, 0.29) is 12.6 Å². The first-order chi connectivity index (χ1) is 10.6. The standard InChI is InChI=1S/C17H22N2O3/c1-4-21-16-8-6-5-7-15(16)12-22-17(20)9-10-19-14(3)11-13(2)18-19/h5-8,11H,4,9-10,12H2,1-3H3. The third-order valence-corrected chi connectivity index (χ3v) is 3.29. The van der Waals surface area contributed by atoms with Crippen molar-refractivity contribution in [1.82, 2.24) is 9.78 Å². The number of nitrogens with zero attached hydrogens (tertiary/aromatic N) is 2. The van der Waals surface area contributed by atoms with E-state index in [1.54, 1.807) is 0 Å². The van der Waals surface area contributed by atoms with Crippen molar-refractivity contribution < 1.29 is 14.3 Å². The average molecular weight is 302 g/mol. The van der Waals surface area contributed by atoms with E-state index < -0.39 is 0 Å². The fourth-order valence-corrected chi connectivity index (χ4v) is 2.25. The predicted octanol–water partition coefficient (Wildman–Crippen LogP) is 3.03. The summed E-state index contributed by atoms with van der Waals surface area (Å²) >= 11 is 0. The minimum atomic E-state index is -0.237. The minimum absolute atomic E-state index is 0.228. The molecule has 0 unspecified atom stereocenters. The van der Waals surface area contributed by atoms with Gasteiger partial charge in [0.05, 0.1) is 25.3 Å². The fraction of sp³-hybridized carbons (Fsp3) is 0.412. The summed E-state index contributed by atoms with van der Waals surface area (Å²) < 4.78 is 12.7. The monoisotopic (exact) mass is 302 g/mol. The molecule has 0 bridgehead atoms. The molecule has 0 atom stereocenters. The highest BCUT2D eigenvalue weighted by Crippen LogP contribution is 2.19. The Morgan fingerprint density at radius 2 is 2.05 bits per heavy atom. The van der Waals surface area contributed by atoms with E-state index in [2.05, 4.69) is 5.10 Å². The van der Waals surface area contributed by atoms with Crippen LogP contribution >= 0.6 is 0 Å². The van der Waals surface area contributed by atoms with Crippen molar-refractivity contribution in [1.29, 1.82) is 0 Å². The number of hydrogen-bond donors (Lipinski definition) is 0. The number of aromatic nitrogens is 2. The van der Waals surface area contributed by atoms with Gasteiger partial charge in [0.1, 0.15) is 12.4 Å². The molecule has 0 amide bonds. The third kappa shape index (κ3) is 4.35. The molecule has 118 valence electrons. The molecule has 0 N–H and O–H groups in total. The summed E-state index contributed by atoms with van der Waals surface area (Å²) in [6.45, 7) is 7.19. The Morgan fingerprint density at radius 1 is 1.27 bits per heavy atom. The van der Waals surface area contributed by atoms with E-state index in [4.69, 9.17) is 9.47 Å². The minimum Gasteiger partial charge on any atom is -0.493 e. The van der Waals surface area contributed by atoms with Crippen LogP contribution in [0.15, 0.2) is 30.3 Å². The van der Waals surface area contributed by atoms with Crippen molar-refractivity contribution >= 4 is 5.97 Å². The van der Waals surface area contributed by atoms with Crippen LogP contribution in [0.25, 0.3) is 0 Å². The first kappa shape index (κ1) is 16.1. The van der Waals surface area contributed by atoms with Crippen LogP contribution in [0, 0.1) is 13.8 Å². The molecule has 2 rings (SSSR count). The van der Waals surface area contributed by atoms with E-state index in [0.717, 1.165) is 22.7 Å². The summed E-state index contributed by atoms with van der Waals surface area (Å²) in [4.78, 5) is 11.9. The molecule has 22 heavy (non-hydrogen) atoms. The molecular weight excluding hydrogens is 280 g/mol. The van der Waals surface area contributed by atoms with E-state index in [1.807, 2.05) is 55.8 Å². The van der Waals surface area contributed by atoms with Gasteiger partial charge in [0, 0.05) is 11.3 Å². The maximum atomic E-state index is 11.9. The Balaban J connectivity index is 1.84. The van der Waals surface area contributed by atoms with Gasteiger partial charge in [-0.15, -0.1) is 0 Å². The maximum absolute atomic E-state index is 11.9. The van der Waals surface area contributed by atoms with Gasteiger partial charge >= 0.3 is 5.97 Å². The van der Waals surface area contributed by atoms with Crippen molar-refractivity contribution in [2.45, 2.75) is 40.3 Å². The SMILES string of the molecule is CCOc1ccccc1COC(=O)CCn1nc(C)cc1C. The lowest BCUT2D eigenvalue weighted by Gasteiger charge is -2.10. The van der Waals surface area contributed by atoms with Crippen LogP contribution in [-0.4, -0.2) is 22.4 Å². The normalized spacial score (nSPS) is 10.5. The molecule has 0 spiro atoms. The molecule has 1 heterocycles. The summed E-state index contributed by atoms with van der Waals surface area (Å²) in [6, 6.07) is 9.58. The second-order valence-electron chi connectivity index (χ2n) is 5.10. The number of rotatable bonds is 7. The first-order valence-corrected chi connectivity index (χ1v) is 7.47. The highest BCUT2D eigenvalue weighted by Gasteiger charge is 2.09. The van der Waals surface area contributed by atoms with Gasteiger partial charge < -0.3 is 9.47 Å². The van der Waals surface area contributed by atoms with E-state index >= 15 is 0 Å². The molecule has 5 nitrogen and oxygen atoms in total. The van der Waals surface area contributed by atoms with Crippen LogP contribution in [0.2, 0.25) is 0 Å². The predicted molar refractivity (Wildman–Crippen MR) is 83.7 cm³/mol. The maximum Gasteiger partial charge on any atom is 0.308 e. The van der Waals surface area contributed by atoms with Gasteiger partial charge in [0.25, 0.3) is 0 Å². The number of esters is 1. The van der Waals surface area contributed by atoms with Crippen LogP contribution in [0.5, 0.6) is 5.75 Å². The fourth-order valence-electron chi connectivity index (χ4n) is 2.25. The van der Waals surface area contributed by atoms with Crippen LogP contribution < -0.4 is 4.74 Å². The zero-order chi connectivity index (χ0) is 15.9. The van der Waals surface area contributed by atoms with Crippen molar-refractivity contribution in [3.63, 3.8) is 0 Å². The molecule has 1 aromatic heterocycles. The van der Waals surface area contributed by atoms with Crippen LogP contribution in [0.3, 0.4) is 0 Å². The van der Waals surface area contributed by atoms with Gasteiger partial charge in [-0.1, -0.05) is 18.2 Å². The molecular formula is C17H22N2O3. The van der Waals surface area contributed by atoms with Gasteiger partial charge in [-0.2, -0.15) is 5.10 Å². The number of carbonyl (C=O) groups is 1. The van der Waals surface area contributed by atoms with E-state index in [9.17, 15) is 4.79 Å². The molecule has 0 fully saturated rings. The lowest BCUT2D eigenvalue weighted by Crippen LogP contribution is -2.11. The van der Waals surface area contributed by atoms with Crippen molar-refractivity contribution in [3.8, 4) is 5.75 Å². The highest BCUT2D eigenvalue weighted by atomic mass is 16.5. The Hall–Kier alpha value is -2.30. The molecule has 0 radical (unpaired) electrons. The summed E-state index contributed by atoms with van der Waals surface area (Å²) in [6.07, 6.45) is 0.304. The molecule has 1 aromatic carbocycles. The van der Waals surface area contributed by atoms with Crippen LogP contribution in [0.4, 0.5) is 0 Å². The van der Waals surface area contributed by atoms with E-state index in [0.29, 0.717) is 19.6 Å². The van der Waals surface area contributed by atoms with Crippen molar-refractivity contribution in [2.75, 3.05) is 6.61 Å². The van der Waals surface area contributed by atoms with Gasteiger partial charge in [0.2, 0.25) is 0 Å². The van der Waals surface area contributed by atoms with Crippen LogP contribution in [0.1, 0.15) is 30.3 Å². The smallest absolute Gasteiger partial charge is 0.308 e. The first-order valence-electron chi connectivity index (χ1n) is 7.47. The molecule has 2 aromatic rings. The van der Waals surface area contributed by atoms with Gasteiger partial charge in [-0.3, -0.25) is 9.48 Å². The van der Waals surface area contributed by atoms with Gasteiger partial charge in [-0.05, 0) is 32.9 Å². The lowest BCUT2D eigenvalue weighted by molar-refractivity contribution is -0.145. The molecule has 0 aliphatic rings. The number of para-hydroxylation sites is 1. The molecule has 0 saturated heterocycles. The average Bonchev–Trinajstić information content (AvgIpc) is 2.82.